The maximum atomic E-state index is 9.35. The van der Waals surface area contributed by atoms with E-state index in [1.807, 2.05) is 36.4 Å². The highest BCUT2D eigenvalue weighted by Gasteiger charge is 2.25. The molecule has 3 heterocycles. The molecule has 0 spiro atoms. The smallest absolute Gasteiger partial charge is 0.188 e. The van der Waals surface area contributed by atoms with Crippen LogP contribution in [0.15, 0.2) is 66.6 Å². The van der Waals surface area contributed by atoms with Gasteiger partial charge in [0.15, 0.2) is 5.84 Å². The van der Waals surface area contributed by atoms with Crippen molar-refractivity contribution in [1.82, 2.24) is 19.5 Å². The van der Waals surface area contributed by atoms with Crippen LogP contribution in [0.4, 0.5) is 0 Å². The van der Waals surface area contributed by atoms with E-state index in [0.717, 1.165) is 40.5 Å². The summed E-state index contributed by atoms with van der Waals surface area (Å²) >= 11 is 6.31. The molecule has 1 saturated carbocycles. The number of hydrogen-bond acceptors (Lipinski definition) is 5. The van der Waals surface area contributed by atoms with Crippen LogP contribution in [-0.4, -0.2) is 30.6 Å². The number of oxime groups is 1. The highest BCUT2D eigenvalue weighted by molar-refractivity contribution is 6.30. The molecule has 0 aliphatic heterocycles. The van der Waals surface area contributed by atoms with Gasteiger partial charge in [-0.15, -0.1) is 0 Å². The van der Waals surface area contributed by atoms with Crippen LogP contribution in [0.5, 0.6) is 0 Å². The molecule has 7 nitrogen and oxygen atoms in total. The fourth-order valence-corrected chi connectivity index (χ4v) is 5.20. The number of aromatic nitrogens is 4. The Morgan fingerprint density at radius 3 is 2.58 bits per heavy atom. The van der Waals surface area contributed by atoms with Crippen LogP contribution in [0.3, 0.4) is 0 Å². The zero-order valence-corrected chi connectivity index (χ0v) is 21.0. The van der Waals surface area contributed by atoms with Gasteiger partial charge < -0.3 is 15.5 Å². The summed E-state index contributed by atoms with van der Waals surface area (Å²) < 4.78 is 2.24. The van der Waals surface area contributed by atoms with Crippen LogP contribution < -0.4 is 5.73 Å². The lowest BCUT2D eigenvalue weighted by Crippen LogP contribution is -2.19. The van der Waals surface area contributed by atoms with E-state index in [0.29, 0.717) is 27.8 Å². The van der Waals surface area contributed by atoms with E-state index >= 15 is 0 Å². The Balaban J connectivity index is 1.76. The van der Waals surface area contributed by atoms with Crippen LogP contribution >= 0.6 is 11.6 Å². The Hall–Kier alpha value is -3.71. The Morgan fingerprint density at radius 2 is 1.89 bits per heavy atom. The van der Waals surface area contributed by atoms with Crippen molar-refractivity contribution in [3.05, 3.63) is 83.5 Å². The number of benzene rings is 1. The van der Waals surface area contributed by atoms with E-state index in [1.54, 1.807) is 18.5 Å². The lowest BCUT2D eigenvalue weighted by atomic mass is 9.83. The number of pyridine rings is 2. The van der Waals surface area contributed by atoms with Crippen molar-refractivity contribution in [2.45, 2.75) is 39.2 Å². The van der Waals surface area contributed by atoms with E-state index in [-0.39, 0.29) is 5.84 Å². The topological polar surface area (TPSA) is 102 Å². The number of rotatable bonds is 6. The molecule has 1 aliphatic rings. The SMILES string of the molecule is C=C(c1ccccc1)c1nc2cc(/C(N)=N/O)nc(-c3cncc(Cl)c3)c2n1C[C@H]1CC[C@H](C)CC1. The predicted molar refractivity (Wildman–Crippen MR) is 144 cm³/mol. The third-order valence-electron chi connectivity index (χ3n) is 7.04. The monoisotopic (exact) mass is 500 g/mol. The van der Waals surface area contributed by atoms with Crippen molar-refractivity contribution in [1.29, 1.82) is 0 Å². The predicted octanol–water partition coefficient (Wildman–Crippen LogP) is 6.13. The Bertz CT molecular complexity index is 1440. The van der Waals surface area contributed by atoms with Gasteiger partial charge in [0, 0.05) is 30.1 Å². The van der Waals surface area contributed by atoms with Gasteiger partial charge in [-0.25, -0.2) is 9.97 Å². The molecule has 0 unspecified atom stereocenters. The van der Waals surface area contributed by atoms with Gasteiger partial charge in [-0.05, 0) is 42.4 Å². The molecular weight excluding hydrogens is 472 g/mol. The molecule has 0 atom stereocenters. The molecule has 3 aromatic heterocycles. The summed E-state index contributed by atoms with van der Waals surface area (Å²) in [4.78, 5) is 14.1. The second-order valence-electron chi connectivity index (χ2n) is 9.62. The maximum absolute atomic E-state index is 9.35. The van der Waals surface area contributed by atoms with Gasteiger partial charge in [0.25, 0.3) is 0 Å². The average Bonchev–Trinajstić information content (AvgIpc) is 3.27. The van der Waals surface area contributed by atoms with Gasteiger partial charge in [0.2, 0.25) is 0 Å². The first-order chi connectivity index (χ1) is 17.4. The minimum Gasteiger partial charge on any atom is -0.409 e. The molecule has 0 radical (unpaired) electrons. The molecule has 1 aromatic carbocycles. The fourth-order valence-electron chi connectivity index (χ4n) is 5.03. The standard InChI is InChI=1S/C28H29ClN6O/c1-17-8-10-19(11-9-17)16-35-26-23(33-28(35)18(2)20-6-4-3-5-7-20)13-24(27(30)34-36)32-25(26)21-12-22(29)15-31-14-21/h3-7,12-15,17,19,36H,2,8-11,16H2,1H3,(H2,30,34)/t17-,19-. The van der Waals surface area contributed by atoms with Crippen molar-refractivity contribution in [2.75, 3.05) is 0 Å². The summed E-state index contributed by atoms with van der Waals surface area (Å²) in [5.74, 6) is 1.98. The van der Waals surface area contributed by atoms with Crippen LogP contribution in [0.25, 0.3) is 27.9 Å². The normalized spacial score (nSPS) is 18.4. The molecule has 184 valence electrons. The van der Waals surface area contributed by atoms with E-state index in [4.69, 9.17) is 27.3 Å². The van der Waals surface area contributed by atoms with Crippen molar-refractivity contribution < 1.29 is 5.21 Å². The first kappa shape index (κ1) is 24.0. The van der Waals surface area contributed by atoms with Crippen LogP contribution in [0, 0.1) is 11.8 Å². The van der Waals surface area contributed by atoms with Gasteiger partial charge in [-0.3, -0.25) is 4.98 Å². The summed E-state index contributed by atoms with van der Waals surface area (Å²) in [7, 11) is 0. The quantitative estimate of drug-likeness (QED) is 0.143. The summed E-state index contributed by atoms with van der Waals surface area (Å²) in [6.45, 7) is 7.55. The molecule has 36 heavy (non-hydrogen) atoms. The molecule has 0 saturated heterocycles. The minimum absolute atomic E-state index is 0.0904. The summed E-state index contributed by atoms with van der Waals surface area (Å²) in [6, 6.07) is 13.6. The third kappa shape index (κ3) is 4.71. The Morgan fingerprint density at radius 1 is 1.14 bits per heavy atom. The first-order valence-electron chi connectivity index (χ1n) is 12.2. The summed E-state index contributed by atoms with van der Waals surface area (Å²) in [5, 5.41) is 13.0. The Kier molecular flexibility index (Phi) is 6.74. The minimum atomic E-state index is -0.0904. The second kappa shape index (κ2) is 10.1. The van der Waals surface area contributed by atoms with Gasteiger partial charge in [-0.1, -0.05) is 73.4 Å². The summed E-state index contributed by atoms with van der Waals surface area (Å²) in [5.41, 5.74) is 11.0. The number of halogens is 1. The molecule has 1 aliphatic carbocycles. The number of nitrogens with two attached hydrogens (primary N) is 1. The molecule has 1 fully saturated rings. The average molecular weight is 501 g/mol. The van der Waals surface area contributed by atoms with Crippen molar-refractivity contribution >= 4 is 34.0 Å². The summed E-state index contributed by atoms with van der Waals surface area (Å²) in [6.07, 6.45) is 8.09. The van der Waals surface area contributed by atoms with Crippen LogP contribution in [0.1, 0.15) is 49.7 Å². The zero-order valence-electron chi connectivity index (χ0n) is 20.2. The zero-order chi connectivity index (χ0) is 25.2. The maximum Gasteiger partial charge on any atom is 0.188 e. The lowest BCUT2D eigenvalue weighted by Gasteiger charge is -2.27. The largest absolute Gasteiger partial charge is 0.409 e. The van der Waals surface area contributed by atoms with Gasteiger partial charge in [0.05, 0.1) is 21.7 Å². The van der Waals surface area contributed by atoms with E-state index in [2.05, 4.69) is 28.2 Å². The Labute approximate surface area is 215 Å². The number of nitrogens with zero attached hydrogens (tertiary/aromatic N) is 5. The molecule has 4 aromatic rings. The number of hydrogen-bond donors (Lipinski definition) is 2. The van der Waals surface area contributed by atoms with Crippen LogP contribution in [-0.2, 0) is 6.54 Å². The van der Waals surface area contributed by atoms with Crippen molar-refractivity contribution in [3.63, 3.8) is 0 Å². The molecule has 5 rings (SSSR count). The van der Waals surface area contributed by atoms with E-state index in [1.165, 1.54) is 25.7 Å². The highest BCUT2D eigenvalue weighted by Crippen LogP contribution is 2.36. The third-order valence-corrected chi connectivity index (χ3v) is 7.25. The highest BCUT2D eigenvalue weighted by atomic mass is 35.5. The number of fused-ring (bicyclic) bond motifs is 1. The van der Waals surface area contributed by atoms with E-state index in [9.17, 15) is 5.21 Å². The second-order valence-corrected chi connectivity index (χ2v) is 10.1. The number of amidine groups is 1. The van der Waals surface area contributed by atoms with Gasteiger partial charge in [-0.2, -0.15) is 0 Å². The number of imidazole rings is 1. The molecule has 0 amide bonds. The lowest BCUT2D eigenvalue weighted by molar-refractivity contribution is 0.266. The fraction of sp³-hybridized carbons (Fsp3) is 0.286. The van der Waals surface area contributed by atoms with Crippen molar-refractivity contribution in [3.8, 4) is 11.3 Å². The van der Waals surface area contributed by atoms with Crippen LogP contribution in [0.2, 0.25) is 5.02 Å². The van der Waals surface area contributed by atoms with Crippen molar-refractivity contribution in [2.24, 2.45) is 22.7 Å². The molecular formula is C28H29ClN6O. The van der Waals surface area contributed by atoms with Gasteiger partial charge >= 0.3 is 0 Å². The molecule has 8 heteroatoms. The molecule has 0 bridgehead atoms. The first-order valence-corrected chi connectivity index (χ1v) is 12.6. The van der Waals surface area contributed by atoms with Gasteiger partial charge in [0.1, 0.15) is 11.5 Å². The van der Waals surface area contributed by atoms with E-state index < -0.39 is 0 Å². The molecule has 3 N–H and O–H groups in total.